The Hall–Kier alpha value is -3.18. The molecule has 1 rings (SSSR count). The predicted molar refractivity (Wildman–Crippen MR) is 259 cm³/mol. The van der Waals surface area contributed by atoms with Crippen LogP contribution < -0.4 is 0 Å². The quantitative estimate of drug-likeness (QED) is 0.0324. The van der Waals surface area contributed by atoms with Crippen LogP contribution in [0.15, 0.2) is 0 Å². The fraction of sp³-hybridized carbons (Fsp3) is 0.889. The summed E-state index contributed by atoms with van der Waals surface area (Å²) in [4.78, 5) is 76.9. The van der Waals surface area contributed by atoms with Crippen LogP contribution in [0.3, 0.4) is 0 Å². The van der Waals surface area contributed by atoms with Crippen molar-refractivity contribution >= 4 is 35.8 Å². The van der Waals surface area contributed by atoms with Crippen LogP contribution in [0.2, 0.25) is 0 Å². The van der Waals surface area contributed by atoms with Gasteiger partial charge in [0.2, 0.25) is 0 Å². The Balaban J connectivity index is 3.07. The summed E-state index contributed by atoms with van der Waals surface area (Å²) in [7, 11) is 2.81. The summed E-state index contributed by atoms with van der Waals surface area (Å²) in [5.41, 5.74) is 0. The number of hydrogen-bond acceptors (Lipinski definition) is 12. The molecule has 4 atom stereocenters. The zero-order chi connectivity index (χ0) is 48.6. The average Bonchev–Trinajstić information content (AvgIpc) is 3.31. The maximum Gasteiger partial charge on any atom is 0.309 e. The Morgan fingerprint density at radius 2 is 0.606 bits per heavy atom. The van der Waals surface area contributed by atoms with Gasteiger partial charge in [-0.3, -0.25) is 28.8 Å². The third-order valence-corrected chi connectivity index (χ3v) is 13.1. The van der Waals surface area contributed by atoms with Crippen molar-refractivity contribution in [2.45, 2.75) is 283 Å². The van der Waals surface area contributed by atoms with E-state index in [1.54, 1.807) is 0 Å². The van der Waals surface area contributed by atoms with E-state index in [9.17, 15) is 28.8 Å². The number of methoxy groups -OCH3 is 2. The minimum atomic E-state index is -0.554. The lowest BCUT2D eigenvalue weighted by atomic mass is 9.82. The summed E-state index contributed by atoms with van der Waals surface area (Å²) in [5.74, 6) is -2.25. The molecule has 0 aromatic heterocycles. The molecule has 12 heteroatoms. The molecule has 0 aliphatic heterocycles. The highest BCUT2D eigenvalue weighted by atomic mass is 16.6. The van der Waals surface area contributed by atoms with Gasteiger partial charge in [-0.2, -0.15) is 0 Å². The van der Waals surface area contributed by atoms with E-state index < -0.39 is 24.4 Å². The molecule has 0 bridgehead atoms. The third-order valence-electron chi connectivity index (χ3n) is 13.1. The molecule has 4 unspecified atom stereocenters. The summed E-state index contributed by atoms with van der Waals surface area (Å²) in [6, 6.07) is 0. The van der Waals surface area contributed by atoms with E-state index in [0.29, 0.717) is 89.9 Å². The fourth-order valence-corrected chi connectivity index (χ4v) is 8.95. The lowest BCUT2D eigenvalue weighted by Crippen LogP contribution is -2.39. The molecule has 66 heavy (non-hydrogen) atoms. The van der Waals surface area contributed by atoms with Crippen molar-refractivity contribution in [3.8, 4) is 0 Å². The molecule has 12 nitrogen and oxygen atoms in total. The van der Waals surface area contributed by atoms with Gasteiger partial charge in [-0.15, -0.1) is 0 Å². The smallest absolute Gasteiger partial charge is 0.309 e. The minimum Gasteiger partial charge on any atom is -0.469 e. The number of rotatable bonds is 42. The van der Waals surface area contributed by atoms with Crippen molar-refractivity contribution in [3.63, 3.8) is 0 Å². The molecule has 0 saturated heterocycles. The zero-order valence-electron chi connectivity index (χ0n) is 42.8. The summed E-state index contributed by atoms with van der Waals surface area (Å²) < 4.78 is 34.4. The van der Waals surface area contributed by atoms with Crippen LogP contribution in [0, 0.1) is 11.8 Å². The number of hydrogen-bond donors (Lipinski definition) is 0. The van der Waals surface area contributed by atoms with E-state index in [0.717, 1.165) is 109 Å². The van der Waals surface area contributed by atoms with Gasteiger partial charge in [0.25, 0.3) is 0 Å². The van der Waals surface area contributed by atoms with Crippen molar-refractivity contribution in [1.82, 2.24) is 0 Å². The average molecular weight is 937 g/mol. The monoisotopic (exact) mass is 937 g/mol. The number of ether oxygens (including phenoxy) is 6. The first-order valence-corrected chi connectivity index (χ1v) is 27.0. The largest absolute Gasteiger partial charge is 0.469 e. The van der Waals surface area contributed by atoms with Crippen molar-refractivity contribution in [2.75, 3.05) is 14.2 Å². The second-order valence-electron chi connectivity index (χ2n) is 18.9. The molecule has 0 aromatic rings. The van der Waals surface area contributed by atoms with Gasteiger partial charge in [-0.1, -0.05) is 130 Å². The molecule has 1 aliphatic carbocycles. The molecule has 1 saturated carbocycles. The van der Waals surface area contributed by atoms with Crippen LogP contribution in [-0.2, 0) is 57.2 Å². The van der Waals surface area contributed by atoms with Gasteiger partial charge in [-0.25, -0.2) is 0 Å². The molecular weight excluding hydrogens is 841 g/mol. The molecule has 0 heterocycles. The highest BCUT2D eigenvalue weighted by molar-refractivity contribution is 5.76. The van der Waals surface area contributed by atoms with Gasteiger partial charge in [0, 0.05) is 25.7 Å². The molecule has 0 aromatic carbocycles. The van der Waals surface area contributed by atoms with Crippen LogP contribution in [-0.4, -0.2) is 74.5 Å². The maximum atomic E-state index is 14.0. The molecule has 1 fully saturated rings. The number of unbranched alkanes of at least 4 members (excludes halogenated alkanes) is 18. The molecule has 0 radical (unpaired) electrons. The first-order valence-electron chi connectivity index (χ1n) is 27.0. The summed E-state index contributed by atoms with van der Waals surface area (Å²) in [6.45, 7) is 8.29. The fourth-order valence-electron chi connectivity index (χ4n) is 8.95. The maximum absolute atomic E-state index is 14.0. The van der Waals surface area contributed by atoms with Crippen molar-refractivity contribution in [1.29, 1.82) is 0 Å². The molecule has 1 aliphatic rings. The van der Waals surface area contributed by atoms with E-state index in [4.69, 9.17) is 28.4 Å². The highest BCUT2D eigenvalue weighted by Crippen LogP contribution is 2.33. The van der Waals surface area contributed by atoms with Gasteiger partial charge in [-0.05, 0) is 103 Å². The van der Waals surface area contributed by atoms with Crippen LogP contribution in [0.5, 0.6) is 0 Å². The van der Waals surface area contributed by atoms with E-state index in [2.05, 4.69) is 13.8 Å². The van der Waals surface area contributed by atoms with Gasteiger partial charge < -0.3 is 28.4 Å². The van der Waals surface area contributed by atoms with Crippen LogP contribution >= 0.6 is 0 Å². The minimum absolute atomic E-state index is 0.197. The summed E-state index contributed by atoms with van der Waals surface area (Å²) in [6.07, 6.45) is 26.9. The molecular formula is C54H96O12. The first-order chi connectivity index (χ1) is 32.0. The van der Waals surface area contributed by atoms with Crippen LogP contribution in [0.1, 0.15) is 259 Å². The summed E-state index contributed by atoms with van der Waals surface area (Å²) in [5, 5.41) is 0. The highest BCUT2D eigenvalue weighted by Gasteiger charge is 2.37. The zero-order valence-corrected chi connectivity index (χ0v) is 42.8. The van der Waals surface area contributed by atoms with Gasteiger partial charge in [0.05, 0.1) is 26.1 Å². The Morgan fingerprint density at radius 1 is 0.333 bits per heavy atom. The van der Waals surface area contributed by atoms with Crippen molar-refractivity contribution in [2.24, 2.45) is 11.8 Å². The number of esters is 6. The SMILES string of the molecule is CCCCCCCCC(OC(=O)CCC)C(CCCCCCCC(=O)OC)OC(=O)C1CCC(C(=O)OC(CCCCCCCC)C(CCCCCCCC(=O)OC)OC(=O)CCC)CC1. The Bertz CT molecular complexity index is 1280. The van der Waals surface area contributed by atoms with E-state index in [-0.39, 0.29) is 47.7 Å². The van der Waals surface area contributed by atoms with Gasteiger partial charge >= 0.3 is 35.8 Å². The third kappa shape index (κ3) is 30.3. The Kier molecular flexibility index (Phi) is 37.7. The molecule has 384 valence electrons. The predicted octanol–water partition coefficient (Wildman–Crippen LogP) is 13.3. The molecule has 0 N–H and O–H groups in total. The van der Waals surface area contributed by atoms with E-state index >= 15 is 0 Å². The lowest BCUT2D eigenvalue weighted by Gasteiger charge is -2.32. The topological polar surface area (TPSA) is 158 Å². The van der Waals surface area contributed by atoms with E-state index in [1.165, 1.54) is 46.3 Å². The van der Waals surface area contributed by atoms with Gasteiger partial charge in [0.15, 0.2) is 0 Å². The second-order valence-corrected chi connectivity index (χ2v) is 18.9. The normalized spacial score (nSPS) is 16.6. The van der Waals surface area contributed by atoms with Crippen molar-refractivity contribution in [3.05, 3.63) is 0 Å². The molecule has 0 spiro atoms. The molecule has 0 amide bonds. The first kappa shape index (κ1) is 60.8. The van der Waals surface area contributed by atoms with Crippen LogP contribution in [0.25, 0.3) is 0 Å². The van der Waals surface area contributed by atoms with Crippen molar-refractivity contribution < 1.29 is 57.2 Å². The Labute approximate surface area is 401 Å². The van der Waals surface area contributed by atoms with Crippen LogP contribution in [0.4, 0.5) is 0 Å². The standard InChI is InChI=1S/C54H96O12/c1-7-11-13-15-19-25-33-45(63-51(57)31-9-3)48(36-28-22-18-24-30-38-50(56)62-6)66-54(60)44-41-39-43(40-42-44)53(59)65-47(35-27-20-16-14-12-8-2)46(64-52(58)32-10-4)34-26-21-17-23-29-37-49(55)61-5/h43-48H,7-42H2,1-6H3. The van der Waals surface area contributed by atoms with E-state index in [1.807, 2.05) is 13.8 Å². The lowest BCUT2D eigenvalue weighted by molar-refractivity contribution is -0.176. The number of carbonyl (C=O) groups excluding carboxylic acids is 6. The summed E-state index contributed by atoms with van der Waals surface area (Å²) >= 11 is 0. The Morgan fingerprint density at radius 3 is 0.894 bits per heavy atom. The van der Waals surface area contributed by atoms with Gasteiger partial charge in [0.1, 0.15) is 24.4 Å². The number of carbonyl (C=O) groups is 6. The second kappa shape index (κ2) is 40.8.